The van der Waals surface area contributed by atoms with Crippen LogP contribution >= 0.6 is 0 Å². The van der Waals surface area contributed by atoms with Crippen molar-refractivity contribution in [3.05, 3.63) is 47.8 Å². The average molecular weight is 382 g/mol. The first-order chi connectivity index (χ1) is 12.5. The normalized spacial score (nSPS) is 14.7. The largest absolute Gasteiger partial charge is 0.491 e. The second kappa shape index (κ2) is 8.41. The smallest absolute Gasteiger partial charge is 0.416 e. The Hall–Kier alpha value is -2.57. The van der Waals surface area contributed by atoms with Crippen molar-refractivity contribution in [1.82, 2.24) is 0 Å². The van der Waals surface area contributed by atoms with Gasteiger partial charge in [-0.1, -0.05) is 0 Å². The highest BCUT2D eigenvalue weighted by Crippen LogP contribution is 2.35. The highest BCUT2D eigenvalue weighted by Gasteiger charge is 2.32. The van der Waals surface area contributed by atoms with Gasteiger partial charge >= 0.3 is 12.1 Å². The van der Waals surface area contributed by atoms with Crippen LogP contribution in [0.15, 0.2) is 36.7 Å². The van der Waals surface area contributed by atoms with E-state index in [1.165, 1.54) is 12.3 Å². The van der Waals surface area contributed by atoms with Crippen molar-refractivity contribution in [3.63, 3.8) is 0 Å². The number of benzene rings is 1. The average Bonchev–Trinajstić information content (AvgIpc) is 2.99. The van der Waals surface area contributed by atoms with E-state index >= 15 is 0 Å². The summed E-state index contributed by atoms with van der Waals surface area (Å²) in [7, 11) is 0. The van der Waals surface area contributed by atoms with E-state index in [0.717, 1.165) is 12.1 Å². The molecule has 27 heavy (non-hydrogen) atoms. The highest BCUT2D eigenvalue weighted by molar-refractivity contribution is 5.83. The molecule has 1 aliphatic heterocycles. The summed E-state index contributed by atoms with van der Waals surface area (Å²) in [5, 5.41) is 0. The minimum atomic E-state index is -4.46. The van der Waals surface area contributed by atoms with Crippen molar-refractivity contribution in [1.29, 1.82) is 0 Å². The van der Waals surface area contributed by atoms with Crippen LogP contribution in [0.1, 0.15) is 45.2 Å². The molecular weight excluding hydrogens is 359 g/mol. The van der Waals surface area contributed by atoms with Crippen LogP contribution in [-0.2, 0) is 15.7 Å². The third kappa shape index (κ3) is 6.27. The van der Waals surface area contributed by atoms with E-state index in [1.54, 1.807) is 50.8 Å². The molecule has 0 radical (unpaired) electrons. The summed E-state index contributed by atoms with van der Waals surface area (Å²) in [5.41, 5.74) is 0.361. The van der Waals surface area contributed by atoms with E-state index in [9.17, 15) is 18.0 Å². The maximum atomic E-state index is 13.2. The van der Waals surface area contributed by atoms with Gasteiger partial charge in [0, 0.05) is 5.57 Å². The first kappa shape index (κ1) is 20.7. The number of allylic oxidation sites excluding steroid dienone is 1. The lowest BCUT2D eigenvalue weighted by atomic mass is 10.0. The first-order valence-electron chi connectivity index (χ1n) is 8.64. The quantitative estimate of drug-likeness (QED) is 0.404. The summed E-state index contributed by atoms with van der Waals surface area (Å²) in [6, 6.07) is 3.70. The van der Waals surface area contributed by atoms with Gasteiger partial charge in [-0.3, -0.25) is 0 Å². The predicted octanol–water partition coefficient (Wildman–Crippen LogP) is 4.79. The molecular formula is C20H23F3NO3+. The van der Waals surface area contributed by atoms with Crippen LogP contribution in [0.25, 0.3) is 5.57 Å². The molecule has 0 saturated carbocycles. The minimum Gasteiger partial charge on any atom is -0.491 e. The van der Waals surface area contributed by atoms with Crippen molar-refractivity contribution >= 4 is 17.8 Å². The van der Waals surface area contributed by atoms with Crippen LogP contribution in [0.2, 0.25) is 0 Å². The second-order valence-electron chi connectivity index (χ2n) is 6.70. The van der Waals surface area contributed by atoms with Gasteiger partial charge in [-0.2, -0.15) is 17.7 Å². The van der Waals surface area contributed by atoms with Crippen LogP contribution < -0.4 is 4.74 Å². The molecule has 0 saturated heterocycles. The number of alkyl halides is 3. The van der Waals surface area contributed by atoms with E-state index < -0.39 is 17.7 Å². The molecule has 146 valence electrons. The molecule has 0 atom stereocenters. The number of rotatable bonds is 6. The first-order valence-corrected chi connectivity index (χ1v) is 8.64. The van der Waals surface area contributed by atoms with Gasteiger partial charge in [0.25, 0.3) is 0 Å². The highest BCUT2D eigenvalue weighted by atomic mass is 19.4. The molecule has 0 amide bonds. The molecule has 0 aliphatic carbocycles. The molecule has 0 unspecified atom stereocenters. The number of esters is 1. The lowest BCUT2D eigenvalue weighted by Crippen LogP contribution is -2.09. The Morgan fingerprint density at radius 3 is 2.44 bits per heavy atom. The zero-order chi connectivity index (χ0) is 20.2. The van der Waals surface area contributed by atoms with E-state index in [-0.39, 0.29) is 18.0 Å². The minimum absolute atomic E-state index is 0.172. The number of nitrogens with zero attached hydrogens (tertiary/aromatic N) is 1. The van der Waals surface area contributed by atoms with Gasteiger partial charge in [0.15, 0.2) is 18.6 Å². The fourth-order valence-electron chi connectivity index (χ4n) is 2.49. The summed E-state index contributed by atoms with van der Waals surface area (Å²) in [5.74, 6) is -0.308. The van der Waals surface area contributed by atoms with E-state index in [4.69, 9.17) is 9.47 Å². The van der Waals surface area contributed by atoms with Gasteiger partial charge in [0.2, 0.25) is 0 Å². The van der Waals surface area contributed by atoms with Crippen LogP contribution in [0.4, 0.5) is 13.2 Å². The molecule has 1 aromatic carbocycles. The third-order valence-corrected chi connectivity index (χ3v) is 3.54. The lowest BCUT2D eigenvalue weighted by Gasteiger charge is -2.15. The van der Waals surface area contributed by atoms with Crippen LogP contribution in [0.3, 0.4) is 0 Å². The third-order valence-electron chi connectivity index (χ3n) is 3.54. The van der Waals surface area contributed by atoms with Gasteiger partial charge in [-0.15, -0.1) is 0 Å². The molecule has 0 bridgehead atoms. The van der Waals surface area contributed by atoms with Gasteiger partial charge in [-0.25, -0.2) is 4.79 Å². The fraction of sp³-hybridized carbons (Fsp3) is 0.400. The van der Waals surface area contributed by atoms with Crippen molar-refractivity contribution < 1.29 is 32.0 Å². The summed E-state index contributed by atoms with van der Waals surface area (Å²) in [4.78, 5) is 11.6. The second-order valence-corrected chi connectivity index (χ2v) is 6.70. The van der Waals surface area contributed by atoms with Crippen LogP contribution in [-0.4, -0.2) is 29.0 Å². The molecule has 0 spiro atoms. The maximum absolute atomic E-state index is 13.2. The number of halogens is 3. The molecule has 0 aromatic heterocycles. The molecule has 1 aromatic rings. The van der Waals surface area contributed by atoms with Crippen molar-refractivity contribution in [2.24, 2.45) is 0 Å². The Morgan fingerprint density at radius 2 is 1.85 bits per heavy atom. The monoisotopic (exact) mass is 382 g/mol. The molecule has 0 N–H and O–H groups in total. The number of hydrogen-bond acceptors (Lipinski definition) is 3. The summed E-state index contributed by atoms with van der Waals surface area (Å²) < 4.78 is 51.7. The van der Waals surface area contributed by atoms with E-state index in [0.29, 0.717) is 17.6 Å². The predicted molar refractivity (Wildman–Crippen MR) is 96.5 cm³/mol. The molecule has 1 heterocycles. The van der Waals surface area contributed by atoms with Crippen LogP contribution in [0, 0.1) is 0 Å². The number of carbonyl (C=O) groups excluding carboxylic acids is 1. The summed E-state index contributed by atoms with van der Waals surface area (Å²) in [6.07, 6.45) is 1.73. The Labute approximate surface area is 156 Å². The lowest BCUT2D eigenvalue weighted by molar-refractivity contribution is -0.368. The molecule has 4 nitrogen and oxygen atoms in total. The summed E-state index contributed by atoms with van der Waals surface area (Å²) in [6.45, 7) is 7.00. The van der Waals surface area contributed by atoms with Crippen LogP contribution in [0.5, 0.6) is 5.75 Å². The molecule has 0 fully saturated rings. The molecule has 7 heteroatoms. The number of ether oxygens (including phenoxy) is 2. The Bertz CT molecular complexity index is 790. The SMILES string of the molecule is CC(C)OC(=O)C=C[N+]1=CCC(c2cc(OC(C)C)cc(C(F)(F)F)c2)=C1. The fourth-order valence-corrected chi connectivity index (χ4v) is 2.49. The van der Waals surface area contributed by atoms with E-state index in [2.05, 4.69) is 0 Å². The maximum Gasteiger partial charge on any atom is 0.416 e. The zero-order valence-corrected chi connectivity index (χ0v) is 15.7. The standard InChI is InChI=1S/C20H23F3NO3/c1-13(2)26-18-10-16(9-17(11-18)20(21,22)23)15-5-7-24(12-15)8-6-19(25)27-14(3)4/h6-14H,5H2,1-4H3/q+1. The van der Waals surface area contributed by atoms with Gasteiger partial charge in [-0.05, 0) is 51.5 Å². The Kier molecular flexibility index (Phi) is 6.46. The van der Waals surface area contributed by atoms with Gasteiger partial charge in [0.1, 0.15) is 5.75 Å². The van der Waals surface area contributed by atoms with Crippen molar-refractivity contribution in [2.45, 2.75) is 52.5 Å². The van der Waals surface area contributed by atoms with Crippen molar-refractivity contribution in [3.8, 4) is 5.75 Å². The molecule has 2 rings (SSSR count). The Balaban J connectivity index is 2.25. The Morgan fingerprint density at radius 1 is 1.15 bits per heavy atom. The van der Waals surface area contributed by atoms with E-state index in [1.807, 2.05) is 0 Å². The summed E-state index contributed by atoms with van der Waals surface area (Å²) >= 11 is 0. The number of hydrogen-bond donors (Lipinski definition) is 0. The van der Waals surface area contributed by atoms with Gasteiger partial charge < -0.3 is 9.47 Å². The number of carbonyl (C=O) groups is 1. The topological polar surface area (TPSA) is 38.5 Å². The van der Waals surface area contributed by atoms with Crippen molar-refractivity contribution in [2.75, 3.05) is 0 Å². The zero-order valence-electron chi connectivity index (χ0n) is 15.7. The van der Waals surface area contributed by atoms with Gasteiger partial charge in [0.05, 0.1) is 30.3 Å². The molecule has 1 aliphatic rings.